The number of carbonyl (C=O) groups is 1. The van der Waals surface area contributed by atoms with Gasteiger partial charge in [0.15, 0.2) is 11.5 Å². The summed E-state index contributed by atoms with van der Waals surface area (Å²) in [6, 6.07) is 11.3. The zero-order chi connectivity index (χ0) is 24.1. The maximum atomic E-state index is 12.6. The van der Waals surface area contributed by atoms with Gasteiger partial charge in [0.25, 0.3) is 0 Å². The van der Waals surface area contributed by atoms with Gasteiger partial charge in [-0.2, -0.15) is 0 Å². The van der Waals surface area contributed by atoms with Crippen LogP contribution in [0.25, 0.3) is 10.9 Å². The zero-order valence-corrected chi connectivity index (χ0v) is 20.2. The summed E-state index contributed by atoms with van der Waals surface area (Å²) in [6.07, 6.45) is 3.58. The highest BCUT2D eigenvalue weighted by Gasteiger charge is 2.25. The fourth-order valence-electron chi connectivity index (χ4n) is 4.39. The lowest BCUT2D eigenvalue weighted by atomic mass is 9.91. The fraction of sp³-hybridized carbons (Fsp3) is 0.423. The number of rotatable bonds is 8. The molecule has 4 rings (SSSR count). The van der Waals surface area contributed by atoms with E-state index in [0.29, 0.717) is 24.0 Å². The molecule has 1 fully saturated rings. The van der Waals surface area contributed by atoms with E-state index in [1.807, 2.05) is 50.2 Å². The van der Waals surface area contributed by atoms with Crippen LogP contribution in [0.3, 0.4) is 0 Å². The number of hydrogen-bond acceptors (Lipinski definition) is 7. The minimum atomic E-state index is -0.0136. The Hall–Kier alpha value is -3.39. The Kier molecular flexibility index (Phi) is 7.47. The van der Waals surface area contributed by atoms with E-state index in [2.05, 4.69) is 20.2 Å². The van der Waals surface area contributed by atoms with Crippen molar-refractivity contribution < 1.29 is 19.0 Å². The van der Waals surface area contributed by atoms with Crippen LogP contribution < -0.4 is 19.5 Å². The predicted molar refractivity (Wildman–Crippen MR) is 132 cm³/mol. The van der Waals surface area contributed by atoms with Crippen LogP contribution in [-0.4, -0.2) is 60.7 Å². The van der Waals surface area contributed by atoms with Crippen LogP contribution in [0.1, 0.15) is 38.3 Å². The molecule has 0 spiro atoms. The molecule has 1 N–H and O–H groups in total. The Labute approximate surface area is 200 Å². The monoisotopic (exact) mass is 464 g/mol. The van der Waals surface area contributed by atoms with E-state index in [0.717, 1.165) is 54.0 Å². The minimum absolute atomic E-state index is 0.0136. The van der Waals surface area contributed by atoms with Gasteiger partial charge in [-0.15, -0.1) is 0 Å². The number of aromatic nitrogens is 2. The molecule has 2 heterocycles. The van der Waals surface area contributed by atoms with Crippen LogP contribution in [0.2, 0.25) is 0 Å². The van der Waals surface area contributed by atoms with Gasteiger partial charge >= 0.3 is 0 Å². The largest absolute Gasteiger partial charge is 0.493 e. The highest BCUT2D eigenvalue weighted by molar-refractivity contribution is 5.92. The highest BCUT2D eigenvalue weighted by Crippen LogP contribution is 2.36. The molecule has 8 nitrogen and oxygen atoms in total. The van der Waals surface area contributed by atoms with E-state index in [9.17, 15) is 4.79 Å². The van der Waals surface area contributed by atoms with E-state index in [4.69, 9.17) is 14.2 Å². The van der Waals surface area contributed by atoms with Crippen LogP contribution in [0.15, 0.2) is 42.7 Å². The Bertz CT molecular complexity index is 1130. The molecule has 1 amide bonds. The summed E-state index contributed by atoms with van der Waals surface area (Å²) >= 11 is 0. The number of methoxy groups -OCH3 is 2. The zero-order valence-electron chi connectivity index (χ0n) is 20.2. The molecule has 0 atom stereocenters. The van der Waals surface area contributed by atoms with Crippen molar-refractivity contribution >= 4 is 22.5 Å². The average molecular weight is 465 g/mol. The van der Waals surface area contributed by atoms with E-state index in [-0.39, 0.29) is 12.0 Å². The summed E-state index contributed by atoms with van der Waals surface area (Å²) in [5.41, 5.74) is 2.64. The molecule has 34 heavy (non-hydrogen) atoms. The van der Waals surface area contributed by atoms with Gasteiger partial charge in [-0.05, 0) is 70.1 Å². The number of nitrogens with one attached hydrogen (secondary N) is 1. The molecule has 0 saturated carbocycles. The third-order valence-electron chi connectivity index (χ3n) is 6.02. The summed E-state index contributed by atoms with van der Waals surface area (Å²) in [7, 11) is 3.25. The highest BCUT2D eigenvalue weighted by atomic mass is 16.5. The van der Waals surface area contributed by atoms with Gasteiger partial charge in [0.05, 0.1) is 38.1 Å². The van der Waals surface area contributed by atoms with Crippen molar-refractivity contribution in [2.45, 2.75) is 38.7 Å². The molecule has 0 radical (unpaired) electrons. The predicted octanol–water partition coefficient (Wildman–Crippen LogP) is 4.25. The lowest BCUT2D eigenvalue weighted by molar-refractivity contribution is -0.117. The van der Waals surface area contributed by atoms with Crippen molar-refractivity contribution in [3.63, 3.8) is 0 Å². The maximum Gasteiger partial charge on any atom is 0.238 e. The van der Waals surface area contributed by atoms with Gasteiger partial charge in [0.1, 0.15) is 12.1 Å². The van der Waals surface area contributed by atoms with Gasteiger partial charge < -0.3 is 19.5 Å². The Morgan fingerprint density at radius 2 is 1.74 bits per heavy atom. The lowest BCUT2D eigenvalue weighted by Gasteiger charge is -2.31. The first-order chi connectivity index (χ1) is 16.5. The standard InChI is InChI=1S/C26H32N4O4/c1-17(2)34-20-7-5-19(6-8-20)29-25(31)15-30-11-9-18(10-12-30)26-21-13-23(32-3)24(33-4)14-22(21)27-16-28-26/h5-8,13-14,16-18H,9-12,15H2,1-4H3,(H,29,31). The number of anilines is 1. The average Bonchev–Trinajstić information content (AvgIpc) is 2.84. The summed E-state index contributed by atoms with van der Waals surface area (Å²) < 4.78 is 16.5. The smallest absolute Gasteiger partial charge is 0.238 e. The quantitative estimate of drug-likeness (QED) is 0.533. The van der Waals surface area contributed by atoms with Crippen LogP contribution in [0, 0.1) is 0 Å². The molecule has 0 unspecified atom stereocenters. The number of likely N-dealkylation sites (tertiary alicyclic amines) is 1. The summed E-state index contributed by atoms with van der Waals surface area (Å²) in [4.78, 5) is 23.8. The SMILES string of the molecule is COc1cc2ncnc(C3CCN(CC(=O)Nc4ccc(OC(C)C)cc4)CC3)c2cc1OC. The van der Waals surface area contributed by atoms with Gasteiger partial charge in [0, 0.05) is 23.1 Å². The summed E-state index contributed by atoms with van der Waals surface area (Å²) in [6.45, 7) is 6.00. The second kappa shape index (κ2) is 10.7. The molecule has 2 aromatic carbocycles. The number of nitrogens with zero attached hydrogens (tertiary/aromatic N) is 3. The summed E-state index contributed by atoms with van der Waals surface area (Å²) in [5, 5.41) is 3.97. The third kappa shape index (κ3) is 5.56. The van der Waals surface area contributed by atoms with E-state index < -0.39 is 0 Å². The fourth-order valence-corrected chi connectivity index (χ4v) is 4.39. The van der Waals surface area contributed by atoms with Crippen LogP contribution in [-0.2, 0) is 4.79 Å². The second-order valence-corrected chi connectivity index (χ2v) is 8.77. The molecule has 3 aromatic rings. The van der Waals surface area contributed by atoms with Crippen molar-refractivity contribution in [1.29, 1.82) is 0 Å². The topological polar surface area (TPSA) is 85.8 Å². The number of hydrogen-bond donors (Lipinski definition) is 1. The Morgan fingerprint density at radius 1 is 1.06 bits per heavy atom. The molecule has 1 aliphatic heterocycles. The first kappa shape index (κ1) is 23.8. The van der Waals surface area contributed by atoms with Crippen molar-refractivity contribution in [2.24, 2.45) is 0 Å². The van der Waals surface area contributed by atoms with Crippen molar-refractivity contribution in [2.75, 3.05) is 39.2 Å². The third-order valence-corrected chi connectivity index (χ3v) is 6.02. The van der Waals surface area contributed by atoms with Crippen molar-refractivity contribution in [3.8, 4) is 17.2 Å². The molecule has 1 saturated heterocycles. The number of benzene rings is 2. The molecular weight excluding hydrogens is 432 g/mol. The van der Waals surface area contributed by atoms with Crippen molar-refractivity contribution in [3.05, 3.63) is 48.4 Å². The van der Waals surface area contributed by atoms with Gasteiger partial charge in [0.2, 0.25) is 5.91 Å². The number of fused-ring (bicyclic) bond motifs is 1. The Balaban J connectivity index is 1.35. The van der Waals surface area contributed by atoms with E-state index in [1.54, 1.807) is 20.5 Å². The molecule has 8 heteroatoms. The Morgan fingerprint density at radius 3 is 2.38 bits per heavy atom. The van der Waals surface area contributed by atoms with Gasteiger partial charge in [-0.1, -0.05) is 0 Å². The van der Waals surface area contributed by atoms with E-state index >= 15 is 0 Å². The van der Waals surface area contributed by atoms with Crippen LogP contribution in [0.5, 0.6) is 17.2 Å². The first-order valence-electron chi connectivity index (χ1n) is 11.6. The number of amides is 1. The molecule has 180 valence electrons. The molecule has 0 aliphatic carbocycles. The molecule has 1 aromatic heterocycles. The van der Waals surface area contributed by atoms with Crippen molar-refractivity contribution in [1.82, 2.24) is 14.9 Å². The maximum absolute atomic E-state index is 12.6. The molecular formula is C26H32N4O4. The van der Waals surface area contributed by atoms with Crippen LogP contribution in [0.4, 0.5) is 5.69 Å². The lowest BCUT2D eigenvalue weighted by Crippen LogP contribution is -2.38. The number of piperidine rings is 1. The summed E-state index contributed by atoms with van der Waals surface area (Å²) in [5.74, 6) is 2.41. The number of ether oxygens (including phenoxy) is 3. The minimum Gasteiger partial charge on any atom is -0.493 e. The number of carbonyl (C=O) groups excluding carboxylic acids is 1. The van der Waals surface area contributed by atoms with Gasteiger partial charge in [-0.3, -0.25) is 9.69 Å². The van der Waals surface area contributed by atoms with E-state index in [1.165, 1.54) is 0 Å². The van der Waals surface area contributed by atoms with Gasteiger partial charge in [-0.25, -0.2) is 9.97 Å². The van der Waals surface area contributed by atoms with Crippen LogP contribution >= 0.6 is 0 Å². The molecule has 1 aliphatic rings. The molecule has 0 bridgehead atoms. The second-order valence-electron chi connectivity index (χ2n) is 8.77. The normalized spacial score (nSPS) is 14.9. The first-order valence-corrected chi connectivity index (χ1v) is 11.6.